The van der Waals surface area contributed by atoms with E-state index in [9.17, 15) is 0 Å². The lowest BCUT2D eigenvalue weighted by molar-refractivity contribution is 0.622. The fourth-order valence-corrected chi connectivity index (χ4v) is 8.36. The number of hydrogen-bond acceptors (Lipinski definition) is 5. The van der Waals surface area contributed by atoms with Crippen LogP contribution in [0.4, 0.5) is 17.1 Å². The van der Waals surface area contributed by atoms with Crippen molar-refractivity contribution in [2.75, 3.05) is 4.90 Å². The lowest BCUT2D eigenvalue weighted by atomic mass is 10.1. The molecule has 0 atom stereocenters. The first-order chi connectivity index (χ1) is 27.3. The summed E-state index contributed by atoms with van der Waals surface area (Å²) < 4.78 is 22.1. The predicted molar refractivity (Wildman–Crippen MR) is 223 cm³/mol. The number of oxazole rings is 1. The van der Waals surface area contributed by atoms with Crippen LogP contribution < -0.4 is 4.90 Å². The normalized spacial score (nSPS) is 12.0. The maximum absolute atomic E-state index is 6.85. The minimum absolute atomic E-state index is 0.561. The first-order valence-corrected chi connectivity index (χ1v) is 18.4. The van der Waals surface area contributed by atoms with Gasteiger partial charge in [0.2, 0.25) is 5.89 Å². The maximum Gasteiger partial charge on any atom is 0.227 e. The number of para-hydroxylation sites is 4. The van der Waals surface area contributed by atoms with E-state index in [1.54, 1.807) is 0 Å². The van der Waals surface area contributed by atoms with Gasteiger partial charge in [-0.3, -0.25) is 0 Å². The molecule has 4 heterocycles. The van der Waals surface area contributed by atoms with Gasteiger partial charge in [-0.25, -0.2) is 4.98 Å². The third kappa shape index (κ3) is 4.46. The van der Waals surface area contributed by atoms with Crippen molar-refractivity contribution in [3.05, 3.63) is 176 Å². The molecule has 6 nitrogen and oxygen atoms in total. The summed E-state index contributed by atoms with van der Waals surface area (Å²) in [6, 6.07) is 60.8. The molecule has 0 fully saturated rings. The van der Waals surface area contributed by atoms with E-state index in [-0.39, 0.29) is 0 Å². The molecule has 4 aromatic heterocycles. The molecule has 0 aliphatic rings. The van der Waals surface area contributed by atoms with Gasteiger partial charge in [0.15, 0.2) is 11.2 Å². The summed E-state index contributed by atoms with van der Waals surface area (Å²) in [5.74, 6) is 0.561. The van der Waals surface area contributed by atoms with Gasteiger partial charge in [-0.1, -0.05) is 97.1 Å². The predicted octanol–water partition coefficient (Wildman–Crippen LogP) is 13.9. The van der Waals surface area contributed by atoms with E-state index in [0.29, 0.717) is 17.1 Å². The van der Waals surface area contributed by atoms with Crippen LogP contribution in [0.5, 0.6) is 0 Å². The van der Waals surface area contributed by atoms with E-state index < -0.39 is 0 Å². The SMILES string of the molecule is c1ccc(-c2nc3cc(N(c4ccc5oc6ccccc6c5c4)c4ccc5c6ccccc6n(-c6ccccc6)c5c4)c4oc5ccccc5c4c3o2)cc1. The van der Waals surface area contributed by atoms with Crippen molar-refractivity contribution in [2.24, 2.45) is 0 Å². The van der Waals surface area contributed by atoms with Crippen LogP contribution in [0.25, 0.3) is 93.9 Å². The zero-order valence-electron chi connectivity index (χ0n) is 29.3. The van der Waals surface area contributed by atoms with Crippen LogP contribution in [0, 0.1) is 0 Å². The molecule has 8 aromatic carbocycles. The molecule has 0 unspecified atom stereocenters. The zero-order valence-corrected chi connectivity index (χ0v) is 29.3. The van der Waals surface area contributed by atoms with Gasteiger partial charge < -0.3 is 22.7 Å². The van der Waals surface area contributed by atoms with Crippen LogP contribution in [0.15, 0.2) is 189 Å². The third-order valence-corrected chi connectivity index (χ3v) is 10.8. The average Bonchev–Trinajstić information content (AvgIpc) is 4.02. The molecular formula is C49H29N3O3. The van der Waals surface area contributed by atoms with Crippen molar-refractivity contribution >= 4 is 93.8 Å². The van der Waals surface area contributed by atoms with E-state index in [1.807, 2.05) is 60.7 Å². The lowest BCUT2D eigenvalue weighted by Crippen LogP contribution is -2.10. The Morgan fingerprint density at radius 3 is 1.91 bits per heavy atom. The lowest BCUT2D eigenvalue weighted by Gasteiger charge is -2.26. The Hall–Kier alpha value is -7.57. The Balaban J connectivity index is 1.19. The molecule has 12 aromatic rings. The minimum atomic E-state index is 0.561. The van der Waals surface area contributed by atoms with E-state index in [1.165, 1.54) is 10.8 Å². The molecule has 0 radical (unpaired) electrons. The van der Waals surface area contributed by atoms with Crippen molar-refractivity contribution in [3.63, 3.8) is 0 Å². The van der Waals surface area contributed by atoms with Gasteiger partial charge in [0.1, 0.15) is 22.3 Å². The molecule has 0 aliphatic carbocycles. The van der Waals surface area contributed by atoms with Gasteiger partial charge in [-0.05, 0) is 78.9 Å². The van der Waals surface area contributed by atoms with Gasteiger partial charge >= 0.3 is 0 Å². The summed E-state index contributed by atoms with van der Waals surface area (Å²) in [6.45, 7) is 0. The standard InChI is InChI=1S/C49H29N3O3/c1-3-13-30(14-4-1)49-50-39-29-42(48-46(47(39)55-49)37-19-9-12-22-44(37)54-48)51(32-24-26-45-38(27-32)36-18-8-11-21-43(36)53-45)33-23-25-35-34-17-7-10-20-40(34)52(41(35)28-33)31-15-5-2-6-16-31/h1-29H. The average molecular weight is 708 g/mol. The Morgan fingerprint density at radius 2 is 1.07 bits per heavy atom. The molecule has 6 heteroatoms. The first kappa shape index (κ1) is 29.9. The highest BCUT2D eigenvalue weighted by Crippen LogP contribution is 2.48. The Labute approximate surface area is 313 Å². The molecule has 55 heavy (non-hydrogen) atoms. The van der Waals surface area contributed by atoms with Crippen molar-refractivity contribution in [1.29, 1.82) is 0 Å². The fourth-order valence-electron chi connectivity index (χ4n) is 8.36. The van der Waals surface area contributed by atoms with E-state index in [4.69, 9.17) is 18.2 Å². The maximum atomic E-state index is 6.85. The quantitative estimate of drug-likeness (QED) is 0.178. The summed E-state index contributed by atoms with van der Waals surface area (Å²) >= 11 is 0. The first-order valence-electron chi connectivity index (χ1n) is 18.4. The molecular weight excluding hydrogens is 679 g/mol. The monoisotopic (exact) mass is 707 g/mol. The number of anilines is 3. The summed E-state index contributed by atoms with van der Waals surface area (Å²) in [5, 5.41) is 6.32. The number of aromatic nitrogens is 2. The highest BCUT2D eigenvalue weighted by Gasteiger charge is 2.26. The van der Waals surface area contributed by atoms with Crippen LogP contribution in [0.1, 0.15) is 0 Å². The second-order valence-corrected chi connectivity index (χ2v) is 13.9. The van der Waals surface area contributed by atoms with Crippen molar-refractivity contribution in [2.45, 2.75) is 0 Å². The van der Waals surface area contributed by atoms with Crippen LogP contribution in [0.3, 0.4) is 0 Å². The van der Waals surface area contributed by atoms with E-state index in [2.05, 4.69) is 125 Å². The highest BCUT2D eigenvalue weighted by molar-refractivity contribution is 6.21. The molecule has 258 valence electrons. The number of nitrogens with zero attached hydrogens (tertiary/aromatic N) is 3. The number of fused-ring (bicyclic) bond motifs is 11. The summed E-state index contributed by atoms with van der Waals surface area (Å²) in [5.41, 5.74) is 11.6. The van der Waals surface area contributed by atoms with Crippen LogP contribution >= 0.6 is 0 Å². The molecule has 0 saturated carbocycles. The Morgan fingerprint density at radius 1 is 0.436 bits per heavy atom. The number of hydrogen-bond donors (Lipinski definition) is 0. The van der Waals surface area contributed by atoms with Crippen LogP contribution in [-0.4, -0.2) is 9.55 Å². The molecule has 0 aliphatic heterocycles. The molecule has 12 rings (SSSR count). The van der Waals surface area contributed by atoms with Crippen LogP contribution in [0.2, 0.25) is 0 Å². The van der Waals surface area contributed by atoms with Crippen LogP contribution in [-0.2, 0) is 0 Å². The van der Waals surface area contributed by atoms with Gasteiger partial charge in [-0.2, -0.15) is 0 Å². The number of benzene rings is 8. The summed E-state index contributed by atoms with van der Waals surface area (Å²) in [7, 11) is 0. The van der Waals surface area contributed by atoms with Gasteiger partial charge in [0, 0.05) is 49.6 Å². The molecule has 0 saturated heterocycles. The van der Waals surface area contributed by atoms with Gasteiger partial charge in [-0.15, -0.1) is 0 Å². The van der Waals surface area contributed by atoms with Crippen molar-refractivity contribution in [1.82, 2.24) is 9.55 Å². The summed E-state index contributed by atoms with van der Waals surface area (Å²) in [4.78, 5) is 7.40. The fraction of sp³-hybridized carbons (Fsp3) is 0. The van der Waals surface area contributed by atoms with E-state index in [0.717, 1.165) is 83.2 Å². The second kappa shape index (κ2) is 11.5. The van der Waals surface area contributed by atoms with Gasteiger partial charge in [0.25, 0.3) is 0 Å². The van der Waals surface area contributed by atoms with Crippen molar-refractivity contribution in [3.8, 4) is 17.1 Å². The molecule has 0 bridgehead atoms. The smallest absolute Gasteiger partial charge is 0.227 e. The number of furan rings is 2. The zero-order chi connectivity index (χ0) is 36.0. The molecule has 0 N–H and O–H groups in total. The van der Waals surface area contributed by atoms with Crippen molar-refractivity contribution < 1.29 is 13.3 Å². The third-order valence-electron chi connectivity index (χ3n) is 10.8. The van der Waals surface area contributed by atoms with Gasteiger partial charge in [0.05, 0.1) is 22.1 Å². The minimum Gasteiger partial charge on any atom is -0.456 e. The topological polar surface area (TPSA) is 60.5 Å². The Kier molecular flexibility index (Phi) is 6.24. The van der Waals surface area contributed by atoms with E-state index >= 15 is 0 Å². The second-order valence-electron chi connectivity index (χ2n) is 13.9. The molecule has 0 amide bonds. The number of rotatable bonds is 5. The molecule has 0 spiro atoms. The largest absolute Gasteiger partial charge is 0.456 e. The Bertz CT molecular complexity index is 3440. The summed E-state index contributed by atoms with van der Waals surface area (Å²) in [6.07, 6.45) is 0. The highest BCUT2D eigenvalue weighted by atomic mass is 16.4.